The molecule has 1 aromatic heterocycles. The highest BCUT2D eigenvalue weighted by molar-refractivity contribution is 5.81. The van der Waals surface area contributed by atoms with Gasteiger partial charge in [0.15, 0.2) is 6.61 Å². The zero-order valence-electron chi connectivity index (χ0n) is 11.8. The van der Waals surface area contributed by atoms with Gasteiger partial charge in [0.2, 0.25) is 0 Å². The topological polar surface area (TPSA) is 68.5 Å². The van der Waals surface area contributed by atoms with E-state index in [2.05, 4.69) is 5.32 Å². The van der Waals surface area contributed by atoms with Gasteiger partial charge in [-0.2, -0.15) is 0 Å². The van der Waals surface area contributed by atoms with Gasteiger partial charge in [-0.3, -0.25) is 4.79 Å². The van der Waals surface area contributed by atoms with Crippen LogP contribution in [0.3, 0.4) is 0 Å². The van der Waals surface area contributed by atoms with Crippen LogP contribution in [-0.2, 0) is 4.79 Å². The highest BCUT2D eigenvalue weighted by atomic mass is 16.5. The molecule has 0 spiro atoms. The highest BCUT2D eigenvalue weighted by Crippen LogP contribution is 2.27. The fraction of sp³-hybridized carbons (Fsp3) is 0.375. The summed E-state index contributed by atoms with van der Waals surface area (Å²) in [5.74, 6) is 1.03. The number of rotatable bonds is 5. The number of benzene rings is 1. The molecule has 0 saturated heterocycles. The maximum Gasteiger partial charge on any atom is 0.336 e. The molecule has 1 fully saturated rings. The molecule has 1 N–H and O–H groups in total. The van der Waals surface area contributed by atoms with Crippen LogP contribution in [0.25, 0.3) is 11.0 Å². The molecule has 21 heavy (non-hydrogen) atoms. The average Bonchev–Trinajstić information content (AvgIpc) is 3.26. The van der Waals surface area contributed by atoms with Gasteiger partial charge in [-0.25, -0.2) is 4.79 Å². The maximum atomic E-state index is 11.6. The minimum absolute atomic E-state index is 0.0335. The van der Waals surface area contributed by atoms with E-state index in [9.17, 15) is 9.59 Å². The van der Waals surface area contributed by atoms with Gasteiger partial charge in [-0.15, -0.1) is 0 Å². The molecule has 110 valence electrons. The monoisotopic (exact) mass is 287 g/mol. The molecule has 3 rings (SSSR count). The van der Waals surface area contributed by atoms with Crippen molar-refractivity contribution in [2.75, 3.05) is 13.2 Å². The Morgan fingerprint density at radius 1 is 1.38 bits per heavy atom. The Hall–Kier alpha value is -2.30. The zero-order valence-corrected chi connectivity index (χ0v) is 11.8. The van der Waals surface area contributed by atoms with E-state index in [1.165, 1.54) is 18.9 Å². The molecule has 1 aliphatic carbocycles. The molecule has 5 heteroatoms. The largest absolute Gasteiger partial charge is 0.484 e. The third-order valence-electron chi connectivity index (χ3n) is 3.58. The van der Waals surface area contributed by atoms with Crippen LogP contribution in [0, 0.1) is 12.8 Å². The first-order chi connectivity index (χ1) is 10.1. The van der Waals surface area contributed by atoms with Crippen molar-refractivity contribution in [3.63, 3.8) is 0 Å². The van der Waals surface area contributed by atoms with Gasteiger partial charge in [-0.05, 0) is 43.4 Å². The van der Waals surface area contributed by atoms with Gasteiger partial charge in [0.25, 0.3) is 5.91 Å². The molecule has 5 nitrogen and oxygen atoms in total. The van der Waals surface area contributed by atoms with Crippen molar-refractivity contribution >= 4 is 16.9 Å². The van der Waals surface area contributed by atoms with E-state index in [4.69, 9.17) is 9.15 Å². The summed E-state index contributed by atoms with van der Waals surface area (Å²) in [7, 11) is 0. The summed E-state index contributed by atoms with van der Waals surface area (Å²) in [5.41, 5.74) is 0.935. The van der Waals surface area contributed by atoms with Crippen LogP contribution in [0.5, 0.6) is 5.75 Å². The molecule has 2 aromatic rings. The molecule has 1 aliphatic rings. The fourth-order valence-electron chi connectivity index (χ4n) is 2.18. The number of aryl methyl sites for hydroxylation is 1. The van der Waals surface area contributed by atoms with E-state index in [1.807, 2.05) is 13.0 Å². The Balaban J connectivity index is 1.66. The van der Waals surface area contributed by atoms with Crippen LogP contribution in [0.1, 0.15) is 18.4 Å². The summed E-state index contributed by atoms with van der Waals surface area (Å²) in [4.78, 5) is 23.0. The molecular weight excluding hydrogens is 270 g/mol. The van der Waals surface area contributed by atoms with Gasteiger partial charge in [0.05, 0.1) is 0 Å². The lowest BCUT2D eigenvalue weighted by Gasteiger charge is -2.08. The smallest absolute Gasteiger partial charge is 0.336 e. The molecule has 1 amide bonds. The number of carbonyl (C=O) groups excluding carboxylic acids is 1. The van der Waals surface area contributed by atoms with Crippen LogP contribution in [-0.4, -0.2) is 19.1 Å². The minimum atomic E-state index is -0.390. The summed E-state index contributed by atoms with van der Waals surface area (Å²) in [6.07, 6.45) is 2.40. The van der Waals surface area contributed by atoms with Crippen molar-refractivity contribution < 1.29 is 13.9 Å². The number of carbonyl (C=O) groups is 1. The number of fused-ring (bicyclic) bond motifs is 1. The first kappa shape index (κ1) is 13.7. The lowest BCUT2D eigenvalue weighted by Crippen LogP contribution is -2.30. The zero-order chi connectivity index (χ0) is 14.8. The predicted molar refractivity (Wildman–Crippen MR) is 78.4 cm³/mol. The Kier molecular flexibility index (Phi) is 3.64. The normalized spacial score (nSPS) is 14.1. The Morgan fingerprint density at radius 3 is 2.95 bits per heavy atom. The van der Waals surface area contributed by atoms with E-state index in [-0.39, 0.29) is 18.1 Å². The van der Waals surface area contributed by atoms with E-state index >= 15 is 0 Å². The van der Waals surface area contributed by atoms with Crippen molar-refractivity contribution in [2.24, 2.45) is 5.92 Å². The van der Waals surface area contributed by atoms with Crippen LogP contribution in [0.4, 0.5) is 0 Å². The molecule has 0 radical (unpaired) electrons. The first-order valence-corrected chi connectivity index (χ1v) is 7.06. The van der Waals surface area contributed by atoms with Crippen molar-refractivity contribution in [3.05, 3.63) is 40.2 Å². The van der Waals surface area contributed by atoms with Crippen LogP contribution in [0.2, 0.25) is 0 Å². The second-order valence-electron chi connectivity index (χ2n) is 5.44. The summed E-state index contributed by atoms with van der Waals surface area (Å²) in [5, 5.41) is 3.69. The second kappa shape index (κ2) is 5.60. The lowest BCUT2D eigenvalue weighted by molar-refractivity contribution is -0.123. The van der Waals surface area contributed by atoms with Crippen LogP contribution < -0.4 is 15.7 Å². The van der Waals surface area contributed by atoms with Gasteiger partial charge in [0.1, 0.15) is 11.3 Å². The molecule has 1 saturated carbocycles. The molecule has 0 atom stereocenters. The summed E-state index contributed by atoms with van der Waals surface area (Å²) >= 11 is 0. The number of amides is 1. The van der Waals surface area contributed by atoms with Crippen LogP contribution >= 0.6 is 0 Å². The van der Waals surface area contributed by atoms with Crippen molar-refractivity contribution in [2.45, 2.75) is 19.8 Å². The highest BCUT2D eigenvalue weighted by Gasteiger charge is 2.21. The van der Waals surface area contributed by atoms with Gasteiger partial charge < -0.3 is 14.5 Å². The maximum absolute atomic E-state index is 11.6. The van der Waals surface area contributed by atoms with Gasteiger partial charge >= 0.3 is 5.63 Å². The summed E-state index contributed by atoms with van der Waals surface area (Å²) in [6.45, 7) is 2.55. The predicted octanol–water partition coefficient (Wildman–Crippen LogP) is 2.01. The fourth-order valence-corrected chi connectivity index (χ4v) is 2.18. The minimum Gasteiger partial charge on any atom is -0.484 e. The SMILES string of the molecule is Cc1cc(=O)oc2cc(OCC(=O)NCC3CC3)ccc12. The van der Waals surface area contributed by atoms with Gasteiger partial charge in [-0.1, -0.05) is 0 Å². The number of hydrogen-bond acceptors (Lipinski definition) is 4. The number of hydrogen-bond donors (Lipinski definition) is 1. The van der Waals surface area contributed by atoms with Crippen molar-refractivity contribution in [1.29, 1.82) is 0 Å². The van der Waals surface area contributed by atoms with E-state index in [0.29, 0.717) is 17.3 Å². The van der Waals surface area contributed by atoms with E-state index < -0.39 is 0 Å². The molecular formula is C16H17NO4. The first-order valence-electron chi connectivity index (χ1n) is 7.06. The Labute approximate surface area is 121 Å². The number of nitrogens with one attached hydrogen (secondary N) is 1. The lowest BCUT2D eigenvalue weighted by atomic mass is 10.1. The van der Waals surface area contributed by atoms with E-state index in [1.54, 1.807) is 12.1 Å². The molecule has 0 bridgehead atoms. The Bertz CT molecular complexity index is 731. The van der Waals surface area contributed by atoms with E-state index in [0.717, 1.165) is 17.5 Å². The third-order valence-corrected chi connectivity index (χ3v) is 3.58. The molecule has 0 unspecified atom stereocenters. The van der Waals surface area contributed by atoms with Gasteiger partial charge in [0, 0.05) is 24.1 Å². The summed E-state index contributed by atoms with van der Waals surface area (Å²) < 4.78 is 10.6. The molecule has 1 aromatic carbocycles. The average molecular weight is 287 g/mol. The molecule has 1 heterocycles. The standard InChI is InChI=1S/C16H17NO4/c1-10-6-16(19)21-14-7-12(4-5-13(10)14)20-9-15(18)17-8-11-2-3-11/h4-7,11H,2-3,8-9H2,1H3,(H,17,18). The second-order valence-corrected chi connectivity index (χ2v) is 5.44. The van der Waals surface area contributed by atoms with Crippen LogP contribution in [0.15, 0.2) is 33.5 Å². The molecule has 0 aliphatic heterocycles. The quantitative estimate of drug-likeness (QED) is 0.854. The number of ether oxygens (including phenoxy) is 1. The Morgan fingerprint density at radius 2 is 2.19 bits per heavy atom. The van der Waals surface area contributed by atoms with Crippen molar-refractivity contribution in [3.8, 4) is 5.75 Å². The van der Waals surface area contributed by atoms with Crippen molar-refractivity contribution in [1.82, 2.24) is 5.32 Å². The third kappa shape index (κ3) is 3.42. The summed E-state index contributed by atoms with van der Waals surface area (Å²) in [6, 6.07) is 6.68.